The van der Waals surface area contributed by atoms with Crippen LogP contribution in [0.1, 0.15) is 19.8 Å². The predicted octanol–water partition coefficient (Wildman–Crippen LogP) is 3.02. The second-order valence-electron chi connectivity index (χ2n) is 3.03. The van der Waals surface area contributed by atoms with E-state index < -0.39 is 0 Å². The van der Waals surface area contributed by atoms with Crippen LogP contribution in [0.3, 0.4) is 0 Å². The SMILES string of the molecule is COCCCCSCC(C)CCl. The van der Waals surface area contributed by atoms with Gasteiger partial charge in [0, 0.05) is 19.6 Å². The number of ether oxygens (including phenoxy) is 1. The third-order valence-corrected chi connectivity index (χ3v) is 3.46. The zero-order valence-corrected chi connectivity index (χ0v) is 9.59. The Kier molecular flexibility index (Phi) is 10.2. The summed E-state index contributed by atoms with van der Waals surface area (Å²) in [5.41, 5.74) is 0. The lowest BCUT2D eigenvalue weighted by Crippen LogP contribution is -2.00. The summed E-state index contributed by atoms with van der Waals surface area (Å²) in [5, 5.41) is 0. The first-order chi connectivity index (χ1) is 5.81. The van der Waals surface area contributed by atoms with Crippen molar-refractivity contribution in [3.63, 3.8) is 0 Å². The molecule has 1 nitrogen and oxygen atoms in total. The first-order valence-electron chi connectivity index (χ1n) is 4.44. The number of rotatable bonds is 8. The molecule has 0 aromatic carbocycles. The summed E-state index contributed by atoms with van der Waals surface area (Å²) in [6, 6.07) is 0. The van der Waals surface area contributed by atoms with Crippen LogP contribution in [0.15, 0.2) is 0 Å². The van der Waals surface area contributed by atoms with Gasteiger partial charge < -0.3 is 4.74 Å². The molecule has 0 aromatic rings. The van der Waals surface area contributed by atoms with Crippen molar-refractivity contribution in [1.29, 1.82) is 0 Å². The second kappa shape index (κ2) is 9.69. The van der Waals surface area contributed by atoms with Crippen LogP contribution in [-0.4, -0.2) is 31.1 Å². The summed E-state index contributed by atoms with van der Waals surface area (Å²) >= 11 is 7.68. The Hall–Kier alpha value is 0.600. The average molecular weight is 211 g/mol. The van der Waals surface area contributed by atoms with Gasteiger partial charge in [0.1, 0.15) is 0 Å². The van der Waals surface area contributed by atoms with E-state index in [1.165, 1.54) is 24.3 Å². The van der Waals surface area contributed by atoms with Gasteiger partial charge in [-0.25, -0.2) is 0 Å². The number of halogens is 1. The van der Waals surface area contributed by atoms with Gasteiger partial charge in [0.25, 0.3) is 0 Å². The third kappa shape index (κ3) is 8.69. The first kappa shape index (κ1) is 12.6. The van der Waals surface area contributed by atoms with Crippen molar-refractivity contribution in [2.24, 2.45) is 5.92 Å². The van der Waals surface area contributed by atoms with Gasteiger partial charge in [0.2, 0.25) is 0 Å². The molecule has 0 amide bonds. The van der Waals surface area contributed by atoms with Crippen LogP contribution in [-0.2, 0) is 4.74 Å². The van der Waals surface area contributed by atoms with Gasteiger partial charge in [-0.05, 0) is 30.3 Å². The summed E-state index contributed by atoms with van der Waals surface area (Å²) in [5.74, 6) is 3.87. The maximum Gasteiger partial charge on any atom is 0.0462 e. The van der Waals surface area contributed by atoms with Crippen LogP contribution in [0.2, 0.25) is 0 Å². The van der Waals surface area contributed by atoms with Crippen molar-refractivity contribution in [2.45, 2.75) is 19.8 Å². The van der Waals surface area contributed by atoms with Crippen molar-refractivity contribution >= 4 is 23.4 Å². The molecule has 0 bridgehead atoms. The van der Waals surface area contributed by atoms with E-state index in [1.807, 2.05) is 11.8 Å². The number of unbranched alkanes of at least 4 members (excludes halogenated alkanes) is 1. The number of hydrogen-bond donors (Lipinski definition) is 0. The van der Waals surface area contributed by atoms with Crippen molar-refractivity contribution in [2.75, 3.05) is 31.1 Å². The Labute approximate surface area is 85.2 Å². The zero-order chi connectivity index (χ0) is 9.23. The number of thioether (sulfide) groups is 1. The summed E-state index contributed by atoms with van der Waals surface area (Å²) < 4.78 is 4.96. The van der Waals surface area contributed by atoms with Crippen molar-refractivity contribution in [1.82, 2.24) is 0 Å². The topological polar surface area (TPSA) is 9.23 Å². The monoisotopic (exact) mass is 210 g/mol. The Morgan fingerprint density at radius 2 is 2.17 bits per heavy atom. The second-order valence-corrected chi connectivity index (χ2v) is 4.49. The molecule has 0 heterocycles. The van der Waals surface area contributed by atoms with Crippen LogP contribution in [0, 0.1) is 5.92 Å². The van der Waals surface area contributed by atoms with Gasteiger partial charge in [0.15, 0.2) is 0 Å². The van der Waals surface area contributed by atoms with E-state index in [4.69, 9.17) is 16.3 Å². The van der Waals surface area contributed by atoms with Crippen molar-refractivity contribution < 1.29 is 4.74 Å². The maximum absolute atomic E-state index is 5.68. The van der Waals surface area contributed by atoms with E-state index >= 15 is 0 Å². The molecule has 0 N–H and O–H groups in total. The highest BCUT2D eigenvalue weighted by molar-refractivity contribution is 7.99. The molecule has 0 radical (unpaired) electrons. The molecule has 74 valence electrons. The highest BCUT2D eigenvalue weighted by Gasteiger charge is 1.98. The van der Waals surface area contributed by atoms with Gasteiger partial charge in [-0.15, -0.1) is 11.6 Å². The molecular weight excluding hydrogens is 192 g/mol. The fourth-order valence-corrected chi connectivity index (χ4v) is 2.11. The van der Waals surface area contributed by atoms with Crippen molar-refractivity contribution in [3.05, 3.63) is 0 Å². The standard InChI is InChI=1S/C9H19ClOS/c1-9(7-10)8-12-6-4-3-5-11-2/h9H,3-8H2,1-2H3. The molecule has 1 atom stereocenters. The minimum absolute atomic E-state index is 0.652. The molecule has 0 fully saturated rings. The summed E-state index contributed by atoms with van der Waals surface area (Å²) in [4.78, 5) is 0. The largest absolute Gasteiger partial charge is 0.385 e. The Bertz CT molecular complexity index is 90.6. The Morgan fingerprint density at radius 3 is 2.75 bits per heavy atom. The molecule has 0 rings (SSSR count). The summed E-state index contributed by atoms with van der Waals surface area (Å²) in [6.45, 7) is 3.08. The maximum atomic E-state index is 5.68. The fraction of sp³-hybridized carbons (Fsp3) is 1.00. The molecule has 0 aromatic heterocycles. The average Bonchev–Trinajstić information content (AvgIpc) is 2.10. The molecule has 0 saturated heterocycles. The van der Waals surface area contributed by atoms with Gasteiger partial charge in [-0.1, -0.05) is 6.92 Å². The molecule has 3 heteroatoms. The molecular formula is C9H19ClOS. The number of methoxy groups -OCH3 is 1. The highest BCUT2D eigenvalue weighted by atomic mass is 35.5. The Morgan fingerprint density at radius 1 is 1.42 bits per heavy atom. The molecule has 0 aliphatic carbocycles. The van der Waals surface area contributed by atoms with Gasteiger partial charge >= 0.3 is 0 Å². The van der Waals surface area contributed by atoms with E-state index in [0.717, 1.165) is 12.5 Å². The lowest BCUT2D eigenvalue weighted by molar-refractivity contribution is 0.194. The van der Waals surface area contributed by atoms with Crippen LogP contribution < -0.4 is 0 Å². The normalized spacial score (nSPS) is 13.2. The Balaban J connectivity index is 2.90. The number of hydrogen-bond acceptors (Lipinski definition) is 2. The van der Waals surface area contributed by atoms with E-state index in [2.05, 4.69) is 6.92 Å². The van der Waals surface area contributed by atoms with Gasteiger partial charge in [-0.3, -0.25) is 0 Å². The third-order valence-electron chi connectivity index (χ3n) is 1.55. The summed E-state index contributed by atoms with van der Waals surface area (Å²) in [6.07, 6.45) is 2.44. The smallest absolute Gasteiger partial charge is 0.0462 e. The highest BCUT2D eigenvalue weighted by Crippen LogP contribution is 2.11. The predicted molar refractivity (Wildman–Crippen MR) is 58.3 cm³/mol. The van der Waals surface area contributed by atoms with Gasteiger partial charge in [-0.2, -0.15) is 11.8 Å². The zero-order valence-electron chi connectivity index (χ0n) is 8.01. The van der Waals surface area contributed by atoms with Gasteiger partial charge in [0.05, 0.1) is 0 Å². The molecule has 12 heavy (non-hydrogen) atoms. The minimum Gasteiger partial charge on any atom is -0.385 e. The van der Waals surface area contributed by atoms with Crippen LogP contribution >= 0.6 is 23.4 Å². The lowest BCUT2D eigenvalue weighted by atomic mass is 10.3. The van der Waals surface area contributed by atoms with Crippen LogP contribution in [0.4, 0.5) is 0 Å². The first-order valence-corrected chi connectivity index (χ1v) is 6.12. The quantitative estimate of drug-likeness (QED) is 0.450. The van der Waals surface area contributed by atoms with E-state index in [-0.39, 0.29) is 0 Å². The molecule has 0 spiro atoms. The lowest BCUT2D eigenvalue weighted by Gasteiger charge is -2.05. The van der Waals surface area contributed by atoms with E-state index in [1.54, 1.807) is 7.11 Å². The van der Waals surface area contributed by atoms with Crippen molar-refractivity contribution in [3.8, 4) is 0 Å². The summed E-state index contributed by atoms with van der Waals surface area (Å²) in [7, 11) is 1.75. The minimum atomic E-state index is 0.652. The molecule has 0 aliphatic heterocycles. The molecule has 0 aliphatic rings. The molecule has 0 saturated carbocycles. The molecule has 1 unspecified atom stereocenters. The van der Waals surface area contributed by atoms with Crippen LogP contribution in [0.5, 0.6) is 0 Å². The number of alkyl halides is 1. The van der Waals surface area contributed by atoms with E-state index in [0.29, 0.717) is 5.92 Å². The fourth-order valence-electron chi connectivity index (χ4n) is 0.780. The van der Waals surface area contributed by atoms with Crippen LogP contribution in [0.25, 0.3) is 0 Å². The van der Waals surface area contributed by atoms with E-state index in [9.17, 15) is 0 Å².